The highest BCUT2D eigenvalue weighted by Gasteiger charge is 2.09. The lowest BCUT2D eigenvalue weighted by Gasteiger charge is -2.00. The number of nitrogens with one attached hydrogen (secondary N) is 1. The Morgan fingerprint density at radius 2 is 2.40 bits per heavy atom. The van der Waals surface area contributed by atoms with Crippen molar-refractivity contribution >= 4 is 11.3 Å². The molecule has 0 saturated heterocycles. The Morgan fingerprint density at radius 3 is 3.07 bits per heavy atom. The van der Waals surface area contributed by atoms with Crippen molar-refractivity contribution < 1.29 is 0 Å². The molecule has 0 atom stereocenters. The van der Waals surface area contributed by atoms with Crippen LogP contribution in [-0.2, 0) is 13.6 Å². The van der Waals surface area contributed by atoms with Crippen LogP contribution in [0.25, 0.3) is 10.6 Å². The quantitative estimate of drug-likeness (QED) is 0.858. The van der Waals surface area contributed by atoms with Gasteiger partial charge in [0, 0.05) is 25.4 Å². The van der Waals surface area contributed by atoms with Crippen molar-refractivity contribution in [1.29, 1.82) is 0 Å². The van der Waals surface area contributed by atoms with E-state index in [0.29, 0.717) is 0 Å². The predicted octanol–water partition coefficient (Wildman–Crippen LogP) is 2.26. The molecule has 2 aromatic heterocycles. The fraction of sp³-hybridized carbons (Fsp3) is 0.364. The predicted molar refractivity (Wildman–Crippen MR) is 63.9 cm³/mol. The maximum atomic E-state index is 4.49. The number of aromatic nitrogens is 2. The molecule has 2 heterocycles. The molecule has 0 aromatic carbocycles. The molecule has 80 valence electrons. The minimum atomic E-state index is 0.886. The third-order valence-electron chi connectivity index (χ3n) is 2.22. The van der Waals surface area contributed by atoms with Gasteiger partial charge in [0.2, 0.25) is 0 Å². The summed E-state index contributed by atoms with van der Waals surface area (Å²) in [4.78, 5) is 1.24. The molecule has 0 fully saturated rings. The van der Waals surface area contributed by atoms with Crippen molar-refractivity contribution in [3.05, 3.63) is 29.3 Å². The molecule has 0 aliphatic carbocycles. The smallest absolute Gasteiger partial charge is 0.107 e. The highest BCUT2D eigenvalue weighted by molar-refractivity contribution is 7.13. The summed E-state index contributed by atoms with van der Waals surface area (Å²) in [6, 6.07) is 4.17. The molecular weight excluding hydrogens is 206 g/mol. The van der Waals surface area contributed by atoms with Crippen molar-refractivity contribution in [2.24, 2.45) is 7.05 Å². The van der Waals surface area contributed by atoms with Gasteiger partial charge < -0.3 is 5.32 Å². The lowest BCUT2D eigenvalue weighted by molar-refractivity contribution is 0.724. The molecule has 15 heavy (non-hydrogen) atoms. The molecule has 0 bridgehead atoms. The second kappa shape index (κ2) is 4.59. The number of hydrogen-bond acceptors (Lipinski definition) is 3. The monoisotopic (exact) mass is 221 g/mol. The van der Waals surface area contributed by atoms with E-state index in [-0.39, 0.29) is 0 Å². The standard InChI is InChI=1S/C11H15N3S/c1-3-12-7-9-8-14(2)13-11(9)10-5-4-6-15-10/h4-6,8,12H,3,7H2,1-2H3. The SMILES string of the molecule is CCNCc1cn(C)nc1-c1cccs1. The van der Waals surface area contributed by atoms with Crippen LogP contribution in [0.5, 0.6) is 0 Å². The molecule has 0 unspecified atom stereocenters. The third kappa shape index (κ3) is 2.27. The van der Waals surface area contributed by atoms with E-state index in [1.54, 1.807) is 11.3 Å². The molecular formula is C11H15N3S. The lowest BCUT2D eigenvalue weighted by Crippen LogP contribution is -2.11. The average molecular weight is 221 g/mol. The second-order valence-corrected chi connectivity index (χ2v) is 4.38. The lowest BCUT2D eigenvalue weighted by atomic mass is 10.2. The van der Waals surface area contributed by atoms with Crippen LogP contribution in [0.15, 0.2) is 23.7 Å². The second-order valence-electron chi connectivity index (χ2n) is 3.43. The summed E-state index contributed by atoms with van der Waals surface area (Å²) in [7, 11) is 1.96. The first kappa shape index (κ1) is 10.4. The van der Waals surface area contributed by atoms with Crippen molar-refractivity contribution in [2.75, 3.05) is 6.54 Å². The third-order valence-corrected chi connectivity index (χ3v) is 3.10. The fourth-order valence-corrected chi connectivity index (χ4v) is 2.29. The van der Waals surface area contributed by atoms with Gasteiger partial charge in [0.05, 0.1) is 4.88 Å². The van der Waals surface area contributed by atoms with E-state index in [0.717, 1.165) is 18.8 Å². The number of rotatable bonds is 4. The van der Waals surface area contributed by atoms with Crippen LogP contribution in [0.1, 0.15) is 12.5 Å². The van der Waals surface area contributed by atoms with Gasteiger partial charge in [0.15, 0.2) is 0 Å². The van der Waals surface area contributed by atoms with Crippen molar-refractivity contribution in [1.82, 2.24) is 15.1 Å². The number of aryl methyl sites for hydroxylation is 1. The Kier molecular flexibility index (Phi) is 3.18. The van der Waals surface area contributed by atoms with Gasteiger partial charge in [-0.1, -0.05) is 13.0 Å². The molecule has 0 radical (unpaired) electrons. The molecule has 1 N–H and O–H groups in total. The zero-order valence-electron chi connectivity index (χ0n) is 9.03. The number of thiophene rings is 1. The van der Waals surface area contributed by atoms with Gasteiger partial charge in [-0.3, -0.25) is 4.68 Å². The molecule has 2 rings (SSSR count). The summed E-state index contributed by atoms with van der Waals surface area (Å²) >= 11 is 1.73. The minimum Gasteiger partial charge on any atom is -0.313 e. The van der Waals surface area contributed by atoms with E-state index >= 15 is 0 Å². The van der Waals surface area contributed by atoms with Gasteiger partial charge in [0.1, 0.15) is 5.69 Å². The summed E-state index contributed by atoms with van der Waals surface area (Å²) in [5.41, 5.74) is 2.37. The van der Waals surface area contributed by atoms with Gasteiger partial charge in [0.25, 0.3) is 0 Å². The Bertz CT molecular complexity index is 417. The minimum absolute atomic E-state index is 0.886. The Labute approximate surface area is 93.7 Å². The topological polar surface area (TPSA) is 29.9 Å². The van der Waals surface area contributed by atoms with Crippen molar-refractivity contribution in [3.8, 4) is 10.6 Å². The van der Waals surface area contributed by atoms with Crippen LogP contribution in [0.3, 0.4) is 0 Å². The molecule has 0 aliphatic rings. The Morgan fingerprint density at radius 1 is 1.53 bits per heavy atom. The first-order chi connectivity index (χ1) is 7.31. The first-order valence-corrected chi connectivity index (χ1v) is 5.96. The number of hydrogen-bond donors (Lipinski definition) is 1. The van der Waals surface area contributed by atoms with E-state index in [2.05, 4.69) is 41.0 Å². The highest BCUT2D eigenvalue weighted by Crippen LogP contribution is 2.26. The van der Waals surface area contributed by atoms with E-state index in [9.17, 15) is 0 Å². The van der Waals surface area contributed by atoms with E-state index < -0.39 is 0 Å². The molecule has 3 nitrogen and oxygen atoms in total. The molecule has 2 aromatic rings. The van der Waals surface area contributed by atoms with Crippen molar-refractivity contribution in [2.45, 2.75) is 13.5 Å². The van der Waals surface area contributed by atoms with Gasteiger partial charge in [-0.2, -0.15) is 5.10 Å². The Balaban J connectivity index is 2.29. The normalized spacial score (nSPS) is 10.8. The van der Waals surface area contributed by atoms with Crippen molar-refractivity contribution in [3.63, 3.8) is 0 Å². The maximum Gasteiger partial charge on any atom is 0.107 e. The largest absolute Gasteiger partial charge is 0.313 e. The average Bonchev–Trinajstić information content (AvgIpc) is 2.83. The summed E-state index contributed by atoms with van der Waals surface area (Å²) in [6.07, 6.45) is 2.08. The van der Waals surface area contributed by atoms with Gasteiger partial charge in [-0.05, 0) is 18.0 Å². The first-order valence-electron chi connectivity index (χ1n) is 5.08. The van der Waals surface area contributed by atoms with E-state index in [1.165, 1.54) is 10.4 Å². The van der Waals surface area contributed by atoms with Crippen LogP contribution >= 0.6 is 11.3 Å². The summed E-state index contributed by atoms with van der Waals surface area (Å²) < 4.78 is 1.88. The van der Waals surface area contributed by atoms with Crippen LogP contribution < -0.4 is 5.32 Å². The highest BCUT2D eigenvalue weighted by atomic mass is 32.1. The van der Waals surface area contributed by atoms with Gasteiger partial charge >= 0.3 is 0 Å². The number of nitrogens with zero attached hydrogens (tertiary/aromatic N) is 2. The van der Waals surface area contributed by atoms with Crippen LogP contribution in [0.2, 0.25) is 0 Å². The summed E-state index contributed by atoms with van der Waals surface area (Å²) in [5, 5.41) is 9.91. The van der Waals surface area contributed by atoms with Gasteiger partial charge in [-0.15, -0.1) is 11.3 Å². The summed E-state index contributed by atoms with van der Waals surface area (Å²) in [6.45, 7) is 3.98. The molecule has 0 amide bonds. The van der Waals surface area contributed by atoms with E-state index in [1.807, 2.05) is 11.7 Å². The van der Waals surface area contributed by atoms with Gasteiger partial charge in [-0.25, -0.2) is 0 Å². The summed E-state index contributed by atoms with van der Waals surface area (Å²) in [5.74, 6) is 0. The zero-order chi connectivity index (χ0) is 10.7. The molecule has 4 heteroatoms. The molecule has 0 saturated carbocycles. The van der Waals surface area contributed by atoms with Crippen LogP contribution in [0.4, 0.5) is 0 Å². The maximum absolute atomic E-state index is 4.49. The molecule has 0 aliphatic heterocycles. The Hall–Kier alpha value is -1.13. The fourth-order valence-electron chi connectivity index (χ4n) is 1.55. The van der Waals surface area contributed by atoms with Crippen LogP contribution in [0, 0.1) is 0 Å². The van der Waals surface area contributed by atoms with Crippen LogP contribution in [-0.4, -0.2) is 16.3 Å². The zero-order valence-corrected chi connectivity index (χ0v) is 9.84. The molecule has 0 spiro atoms. The van der Waals surface area contributed by atoms with E-state index in [4.69, 9.17) is 0 Å².